The lowest BCUT2D eigenvalue weighted by Gasteiger charge is -1.98. The van der Waals surface area contributed by atoms with Gasteiger partial charge >= 0.3 is 5.82 Å². The molecule has 0 aliphatic rings. The smallest absolute Gasteiger partial charge is 0.342 e. The molecule has 0 amide bonds. The minimum atomic E-state index is -0.518. The standard InChI is InChI=1S/C6H9N3O3.C5H6N2O2/c1-5-7-4-6(9(11)12)8(5)2-3-10;1-5-3-2-4-6(5)7(8)9/h4,10H,2-3H2,1H3;2-4H,1H3. The molecule has 0 aromatic carbocycles. The molecule has 0 radical (unpaired) electrons. The van der Waals surface area contributed by atoms with Crippen LogP contribution in [0.25, 0.3) is 0 Å². The summed E-state index contributed by atoms with van der Waals surface area (Å²) in [5.41, 5.74) is 0.639. The molecule has 0 saturated carbocycles. The van der Waals surface area contributed by atoms with Crippen LogP contribution < -0.4 is 0 Å². The average molecular weight is 297 g/mol. The zero-order valence-electron chi connectivity index (χ0n) is 11.5. The fourth-order valence-electron chi connectivity index (χ4n) is 1.62. The summed E-state index contributed by atoms with van der Waals surface area (Å²) in [6.45, 7) is 3.42. The third-order valence-corrected chi connectivity index (χ3v) is 2.65. The Morgan fingerprint density at radius 3 is 2.38 bits per heavy atom. The molecule has 0 fully saturated rings. The first-order chi connectivity index (χ1) is 9.88. The van der Waals surface area contributed by atoms with Crippen LogP contribution >= 0.6 is 0 Å². The number of hydrogen-bond donors (Lipinski definition) is 1. The summed E-state index contributed by atoms with van der Waals surface area (Å²) in [5.74, 6) is 0.456. The van der Waals surface area contributed by atoms with E-state index < -0.39 is 9.96 Å². The van der Waals surface area contributed by atoms with Gasteiger partial charge in [-0.05, 0) is 24.0 Å². The summed E-state index contributed by atoms with van der Waals surface area (Å²) in [7, 11) is 0. The minimum Gasteiger partial charge on any atom is -0.392 e. The van der Waals surface area contributed by atoms with E-state index in [2.05, 4.69) is 4.98 Å². The molecule has 114 valence electrons. The number of hydrogen-bond acceptors (Lipinski definition) is 6. The number of nitro groups is 2. The van der Waals surface area contributed by atoms with E-state index in [1.807, 2.05) is 0 Å². The highest BCUT2D eigenvalue weighted by molar-refractivity contribution is 5.18. The summed E-state index contributed by atoms with van der Waals surface area (Å²) >= 11 is 0. The molecule has 0 aliphatic heterocycles. The molecule has 0 atom stereocenters. The van der Waals surface area contributed by atoms with E-state index in [4.69, 9.17) is 5.11 Å². The van der Waals surface area contributed by atoms with Crippen LogP contribution in [0.2, 0.25) is 0 Å². The van der Waals surface area contributed by atoms with Crippen molar-refractivity contribution in [3.8, 4) is 0 Å². The number of imidazole rings is 1. The first-order valence-electron chi connectivity index (χ1n) is 5.94. The molecule has 21 heavy (non-hydrogen) atoms. The van der Waals surface area contributed by atoms with Gasteiger partial charge in [0.2, 0.25) is 0 Å². The number of nitrogens with zero attached hydrogens (tertiary/aromatic N) is 5. The molecule has 2 aromatic heterocycles. The van der Waals surface area contributed by atoms with Crippen molar-refractivity contribution in [1.29, 1.82) is 0 Å². The van der Waals surface area contributed by atoms with Crippen molar-refractivity contribution in [1.82, 2.24) is 14.2 Å². The summed E-state index contributed by atoms with van der Waals surface area (Å²) in [5, 5.41) is 28.6. The molecule has 0 aliphatic carbocycles. The monoisotopic (exact) mass is 297 g/mol. The van der Waals surface area contributed by atoms with Crippen LogP contribution in [0.3, 0.4) is 0 Å². The number of aliphatic hydroxyl groups is 1. The van der Waals surface area contributed by atoms with Gasteiger partial charge in [0, 0.05) is 6.92 Å². The number of aliphatic hydroxyl groups excluding tert-OH is 1. The van der Waals surface area contributed by atoms with Crippen LogP contribution in [-0.2, 0) is 6.54 Å². The van der Waals surface area contributed by atoms with Crippen molar-refractivity contribution in [2.45, 2.75) is 20.4 Å². The van der Waals surface area contributed by atoms with E-state index >= 15 is 0 Å². The first-order valence-corrected chi connectivity index (χ1v) is 5.94. The number of aryl methyl sites for hydroxylation is 2. The van der Waals surface area contributed by atoms with E-state index in [9.17, 15) is 20.2 Å². The fourth-order valence-corrected chi connectivity index (χ4v) is 1.62. The van der Waals surface area contributed by atoms with Gasteiger partial charge < -0.3 is 15.2 Å². The zero-order chi connectivity index (χ0) is 16.0. The summed E-state index contributed by atoms with van der Waals surface area (Å²) < 4.78 is 2.33. The Balaban J connectivity index is 0.000000219. The third-order valence-electron chi connectivity index (χ3n) is 2.65. The van der Waals surface area contributed by atoms with Gasteiger partial charge in [0.05, 0.1) is 18.5 Å². The Morgan fingerprint density at radius 1 is 1.33 bits per heavy atom. The maximum Gasteiger partial charge on any atom is 0.342 e. The molecule has 2 rings (SSSR count). The highest BCUT2D eigenvalue weighted by Gasteiger charge is 2.15. The molecule has 2 heterocycles. The van der Waals surface area contributed by atoms with Gasteiger partial charge in [0.15, 0.2) is 10.9 Å². The van der Waals surface area contributed by atoms with Gasteiger partial charge in [0.25, 0.3) is 0 Å². The van der Waals surface area contributed by atoms with Crippen molar-refractivity contribution >= 4 is 5.82 Å². The minimum absolute atomic E-state index is 0.0819. The second kappa shape index (κ2) is 7.14. The molecule has 0 unspecified atom stereocenters. The quantitative estimate of drug-likeness (QED) is 0.660. The Kier molecular flexibility index (Phi) is 5.55. The molecule has 0 bridgehead atoms. The first kappa shape index (κ1) is 16.3. The third kappa shape index (κ3) is 4.11. The SMILES string of the molecule is Cc1cccn1[N+](=O)[O-].Cc1ncc([N+](=O)[O-])n1CCO. The van der Waals surface area contributed by atoms with Crippen LogP contribution in [0.5, 0.6) is 0 Å². The topological polar surface area (TPSA) is 129 Å². The van der Waals surface area contributed by atoms with E-state index in [0.29, 0.717) is 11.5 Å². The molecule has 10 heteroatoms. The summed E-state index contributed by atoms with van der Waals surface area (Å²) in [4.78, 5) is 23.7. The Bertz CT molecular complexity index is 633. The van der Waals surface area contributed by atoms with Crippen molar-refractivity contribution in [3.63, 3.8) is 0 Å². The Hall–Kier alpha value is -2.75. The van der Waals surface area contributed by atoms with Crippen molar-refractivity contribution in [3.05, 3.63) is 56.3 Å². The molecule has 2 aromatic rings. The van der Waals surface area contributed by atoms with Crippen LogP contribution in [0.4, 0.5) is 5.82 Å². The largest absolute Gasteiger partial charge is 0.392 e. The van der Waals surface area contributed by atoms with Gasteiger partial charge in [-0.2, -0.15) is 0 Å². The summed E-state index contributed by atoms with van der Waals surface area (Å²) in [6, 6.07) is 3.32. The maximum atomic E-state index is 10.4. The highest BCUT2D eigenvalue weighted by atomic mass is 16.7. The highest BCUT2D eigenvalue weighted by Crippen LogP contribution is 2.12. The van der Waals surface area contributed by atoms with Crippen LogP contribution in [0, 0.1) is 34.1 Å². The fraction of sp³-hybridized carbons (Fsp3) is 0.364. The number of rotatable bonds is 4. The maximum absolute atomic E-state index is 10.4. The van der Waals surface area contributed by atoms with Gasteiger partial charge in [-0.25, -0.2) is 19.7 Å². The molecule has 1 N–H and O–H groups in total. The van der Waals surface area contributed by atoms with Crippen LogP contribution in [0.1, 0.15) is 11.5 Å². The zero-order valence-corrected chi connectivity index (χ0v) is 11.5. The van der Waals surface area contributed by atoms with Gasteiger partial charge in [0.1, 0.15) is 12.7 Å². The van der Waals surface area contributed by atoms with Crippen molar-refractivity contribution in [2.24, 2.45) is 0 Å². The molecule has 0 saturated heterocycles. The molecular formula is C11H15N5O5. The second-order valence-electron chi connectivity index (χ2n) is 4.03. The lowest BCUT2D eigenvalue weighted by atomic mass is 10.5. The molecular weight excluding hydrogens is 282 g/mol. The molecule has 0 spiro atoms. The van der Waals surface area contributed by atoms with Crippen molar-refractivity contribution in [2.75, 3.05) is 6.61 Å². The summed E-state index contributed by atoms with van der Waals surface area (Å²) in [6.07, 6.45) is 2.60. The lowest BCUT2D eigenvalue weighted by molar-refractivity contribution is -0.543. The van der Waals surface area contributed by atoms with E-state index in [1.165, 1.54) is 17.0 Å². The Labute approximate surface area is 119 Å². The Morgan fingerprint density at radius 2 is 2.00 bits per heavy atom. The predicted molar refractivity (Wildman–Crippen MR) is 72.3 cm³/mol. The van der Waals surface area contributed by atoms with E-state index in [0.717, 1.165) is 4.68 Å². The van der Waals surface area contributed by atoms with Crippen LogP contribution in [0.15, 0.2) is 24.5 Å². The number of aromatic nitrogens is 3. The van der Waals surface area contributed by atoms with E-state index in [-0.39, 0.29) is 19.0 Å². The van der Waals surface area contributed by atoms with Crippen LogP contribution in [-0.4, -0.2) is 35.9 Å². The van der Waals surface area contributed by atoms with Gasteiger partial charge in [-0.3, -0.25) is 0 Å². The second-order valence-corrected chi connectivity index (χ2v) is 4.03. The average Bonchev–Trinajstić information content (AvgIpc) is 2.98. The van der Waals surface area contributed by atoms with Gasteiger partial charge in [-0.1, -0.05) is 4.68 Å². The normalized spacial score (nSPS) is 9.86. The van der Waals surface area contributed by atoms with Crippen molar-refractivity contribution < 1.29 is 15.1 Å². The lowest BCUT2D eigenvalue weighted by Crippen LogP contribution is -2.07. The van der Waals surface area contributed by atoms with E-state index in [1.54, 1.807) is 26.0 Å². The van der Waals surface area contributed by atoms with Gasteiger partial charge in [-0.15, -0.1) is 0 Å². The predicted octanol–water partition coefficient (Wildman–Crippen LogP) is 0.928. The molecule has 10 nitrogen and oxygen atoms in total.